The van der Waals surface area contributed by atoms with Gasteiger partial charge in [0.1, 0.15) is 5.75 Å². The van der Waals surface area contributed by atoms with E-state index in [0.717, 1.165) is 9.35 Å². The van der Waals surface area contributed by atoms with E-state index in [4.69, 9.17) is 0 Å². The molecular weight excluding hydrogens is 455 g/mol. The molecular formula is C13H10BrIN2O2S. The highest BCUT2D eigenvalue weighted by atomic mass is 127. The zero-order valence-electron chi connectivity index (χ0n) is 10.1. The van der Waals surface area contributed by atoms with Crippen molar-refractivity contribution in [1.29, 1.82) is 0 Å². The van der Waals surface area contributed by atoms with Crippen LogP contribution in [0.5, 0.6) is 5.75 Å². The molecule has 0 saturated heterocycles. The minimum Gasteiger partial charge on any atom is -0.506 e. The smallest absolute Gasteiger partial charge is 0.245 e. The lowest BCUT2D eigenvalue weighted by atomic mass is 10.2. The number of amides is 1. The first kappa shape index (κ1) is 15.5. The van der Waals surface area contributed by atoms with Crippen LogP contribution in [0, 0.1) is 3.57 Å². The zero-order valence-corrected chi connectivity index (χ0v) is 14.7. The number of hydrogen-bond acceptors (Lipinski definition) is 4. The second kappa shape index (κ2) is 7.19. The normalized spacial score (nSPS) is 10.9. The van der Waals surface area contributed by atoms with Gasteiger partial charge < -0.3 is 5.11 Å². The SMILES string of the molecule is O=C(Cc1cccs1)N/N=C/c1cc(Br)cc(I)c1O. The van der Waals surface area contributed by atoms with Crippen molar-refractivity contribution < 1.29 is 9.90 Å². The number of carbonyl (C=O) groups excluding carboxylic acids is 1. The van der Waals surface area contributed by atoms with E-state index in [-0.39, 0.29) is 11.7 Å². The van der Waals surface area contributed by atoms with Crippen molar-refractivity contribution >= 4 is 62.0 Å². The van der Waals surface area contributed by atoms with Crippen LogP contribution in [0.15, 0.2) is 39.2 Å². The molecule has 1 amide bonds. The molecule has 0 radical (unpaired) electrons. The number of carbonyl (C=O) groups is 1. The molecule has 0 bridgehead atoms. The Hall–Kier alpha value is -0.930. The first-order valence-electron chi connectivity index (χ1n) is 5.58. The highest BCUT2D eigenvalue weighted by Gasteiger charge is 2.06. The number of benzene rings is 1. The molecule has 0 unspecified atom stereocenters. The summed E-state index contributed by atoms with van der Waals surface area (Å²) in [7, 11) is 0. The predicted molar refractivity (Wildman–Crippen MR) is 92.3 cm³/mol. The van der Waals surface area contributed by atoms with Gasteiger partial charge in [-0.1, -0.05) is 22.0 Å². The van der Waals surface area contributed by atoms with E-state index in [1.807, 2.05) is 40.1 Å². The van der Waals surface area contributed by atoms with Gasteiger partial charge in [0.25, 0.3) is 0 Å². The lowest BCUT2D eigenvalue weighted by molar-refractivity contribution is -0.120. The van der Waals surface area contributed by atoms with Gasteiger partial charge in [0.15, 0.2) is 0 Å². The molecule has 0 atom stereocenters. The molecule has 0 saturated carbocycles. The number of nitrogens with one attached hydrogen (secondary N) is 1. The van der Waals surface area contributed by atoms with E-state index in [9.17, 15) is 9.90 Å². The fourth-order valence-corrected chi connectivity index (χ4v) is 3.72. The maximum Gasteiger partial charge on any atom is 0.245 e. The van der Waals surface area contributed by atoms with Crippen LogP contribution in [0.2, 0.25) is 0 Å². The van der Waals surface area contributed by atoms with E-state index >= 15 is 0 Å². The fourth-order valence-electron chi connectivity index (χ4n) is 1.47. The number of phenolic OH excluding ortho intramolecular Hbond substituents is 1. The summed E-state index contributed by atoms with van der Waals surface area (Å²) in [5.74, 6) is -0.0436. The quantitative estimate of drug-likeness (QED) is 0.413. The average molecular weight is 465 g/mol. The largest absolute Gasteiger partial charge is 0.506 e. The minimum atomic E-state index is -0.187. The summed E-state index contributed by atoms with van der Waals surface area (Å²) in [6, 6.07) is 7.32. The Morgan fingerprint density at radius 3 is 3.05 bits per heavy atom. The third kappa shape index (κ3) is 4.29. The summed E-state index contributed by atoms with van der Waals surface area (Å²) in [5.41, 5.74) is 2.99. The number of thiophene rings is 1. The van der Waals surface area contributed by atoms with Crippen LogP contribution in [0.25, 0.3) is 0 Å². The number of nitrogens with zero attached hydrogens (tertiary/aromatic N) is 1. The molecule has 0 aliphatic heterocycles. The van der Waals surface area contributed by atoms with Gasteiger partial charge in [-0.3, -0.25) is 4.79 Å². The van der Waals surface area contributed by atoms with Crippen LogP contribution in [0.3, 0.4) is 0 Å². The second-order valence-electron chi connectivity index (χ2n) is 3.87. The fraction of sp³-hybridized carbons (Fsp3) is 0.0769. The zero-order chi connectivity index (χ0) is 14.5. The summed E-state index contributed by atoms with van der Waals surface area (Å²) in [5, 5.41) is 15.6. The van der Waals surface area contributed by atoms with Gasteiger partial charge >= 0.3 is 0 Å². The van der Waals surface area contributed by atoms with Crippen LogP contribution >= 0.6 is 49.9 Å². The van der Waals surface area contributed by atoms with Crippen LogP contribution in [-0.2, 0) is 11.2 Å². The maximum atomic E-state index is 11.6. The summed E-state index contributed by atoms with van der Waals surface area (Å²) >= 11 is 6.90. The van der Waals surface area contributed by atoms with Gasteiger partial charge in [-0.15, -0.1) is 11.3 Å². The van der Waals surface area contributed by atoms with Gasteiger partial charge in [-0.25, -0.2) is 5.43 Å². The molecule has 0 spiro atoms. The molecule has 2 rings (SSSR count). The van der Waals surface area contributed by atoms with Crippen molar-refractivity contribution in [3.8, 4) is 5.75 Å². The van der Waals surface area contributed by atoms with Gasteiger partial charge in [0.05, 0.1) is 16.2 Å². The van der Waals surface area contributed by atoms with Crippen LogP contribution in [-0.4, -0.2) is 17.2 Å². The summed E-state index contributed by atoms with van der Waals surface area (Å²) < 4.78 is 1.55. The van der Waals surface area contributed by atoms with Crippen molar-refractivity contribution in [2.75, 3.05) is 0 Å². The van der Waals surface area contributed by atoms with Crippen molar-refractivity contribution in [3.05, 3.63) is 48.1 Å². The van der Waals surface area contributed by atoms with E-state index < -0.39 is 0 Å². The lowest BCUT2D eigenvalue weighted by Crippen LogP contribution is -2.19. The topological polar surface area (TPSA) is 61.7 Å². The third-order valence-electron chi connectivity index (χ3n) is 2.37. The summed E-state index contributed by atoms with van der Waals surface area (Å²) in [6.07, 6.45) is 1.73. The summed E-state index contributed by atoms with van der Waals surface area (Å²) in [4.78, 5) is 12.6. The van der Waals surface area contributed by atoms with Crippen molar-refractivity contribution in [2.24, 2.45) is 5.10 Å². The molecule has 0 fully saturated rings. The molecule has 1 aromatic heterocycles. The molecule has 2 N–H and O–H groups in total. The Balaban J connectivity index is 1.98. The Bertz CT molecular complexity index is 644. The second-order valence-corrected chi connectivity index (χ2v) is 6.98. The first-order chi connectivity index (χ1) is 9.56. The minimum absolute atomic E-state index is 0.144. The van der Waals surface area contributed by atoms with Crippen molar-refractivity contribution in [1.82, 2.24) is 5.43 Å². The van der Waals surface area contributed by atoms with E-state index in [2.05, 4.69) is 26.5 Å². The Morgan fingerprint density at radius 1 is 1.55 bits per heavy atom. The summed E-state index contributed by atoms with van der Waals surface area (Å²) in [6.45, 7) is 0. The van der Waals surface area contributed by atoms with Crippen LogP contribution in [0.4, 0.5) is 0 Å². The monoisotopic (exact) mass is 464 g/mol. The number of rotatable bonds is 4. The number of aromatic hydroxyl groups is 1. The molecule has 4 nitrogen and oxygen atoms in total. The molecule has 0 aliphatic carbocycles. The molecule has 1 aromatic carbocycles. The Morgan fingerprint density at radius 2 is 2.35 bits per heavy atom. The number of hydrazone groups is 1. The van der Waals surface area contributed by atoms with E-state index in [0.29, 0.717) is 15.6 Å². The lowest BCUT2D eigenvalue weighted by Gasteiger charge is -2.03. The van der Waals surface area contributed by atoms with Crippen molar-refractivity contribution in [3.63, 3.8) is 0 Å². The van der Waals surface area contributed by atoms with Crippen LogP contribution in [0.1, 0.15) is 10.4 Å². The van der Waals surface area contributed by atoms with Gasteiger partial charge in [-0.2, -0.15) is 5.10 Å². The highest BCUT2D eigenvalue weighted by molar-refractivity contribution is 14.1. The average Bonchev–Trinajstić information content (AvgIpc) is 2.87. The van der Waals surface area contributed by atoms with Gasteiger partial charge in [-0.05, 0) is 46.2 Å². The van der Waals surface area contributed by atoms with Gasteiger partial charge in [0, 0.05) is 14.9 Å². The number of halogens is 2. The molecule has 1 heterocycles. The molecule has 7 heteroatoms. The van der Waals surface area contributed by atoms with E-state index in [1.165, 1.54) is 17.6 Å². The van der Waals surface area contributed by atoms with Crippen LogP contribution < -0.4 is 5.43 Å². The predicted octanol–water partition coefficient (Wildman–Crippen LogP) is 3.51. The maximum absolute atomic E-state index is 11.6. The molecule has 2 aromatic rings. The first-order valence-corrected chi connectivity index (χ1v) is 8.33. The van der Waals surface area contributed by atoms with Gasteiger partial charge in [0.2, 0.25) is 5.91 Å². The number of phenols is 1. The molecule has 20 heavy (non-hydrogen) atoms. The molecule has 104 valence electrons. The Kier molecular flexibility index (Phi) is 5.55. The molecule has 0 aliphatic rings. The van der Waals surface area contributed by atoms with Crippen molar-refractivity contribution in [2.45, 2.75) is 6.42 Å². The highest BCUT2D eigenvalue weighted by Crippen LogP contribution is 2.27. The van der Waals surface area contributed by atoms with E-state index in [1.54, 1.807) is 12.1 Å². The third-order valence-corrected chi connectivity index (χ3v) is 4.52. The standard InChI is InChI=1S/C13H10BrIN2O2S/c14-9-4-8(13(19)11(15)5-9)7-16-17-12(18)6-10-2-1-3-20-10/h1-5,7,19H,6H2,(H,17,18)/b16-7+. The Labute approximate surface area is 142 Å². The number of hydrogen-bond donors (Lipinski definition) is 2.